The second-order valence-corrected chi connectivity index (χ2v) is 8.58. The normalized spacial score (nSPS) is 17.1. The second kappa shape index (κ2) is 9.79. The van der Waals surface area contributed by atoms with Gasteiger partial charge in [0, 0.05) is 42.7 Å². The van der Waals surface area contributed by atoms with Gasteiger partial charge in [-0.2, -0.15) is 0 Å². The minimum atomic E-state index is -0.833. The molecule has 3 heterocycles. The molecule has 1 atom stereocenters. The van der Waals surface area contributed by atoms with Crippen molar-refractivity contribution in [1.29, 1.82) is 0 Å². The van der Waals surface area contributed by atoms with Crippen molar-refractivity contribution >= 4 is 29.3 Å². The molecule has 2 amide bonds. The molecule has 0 spiro atoms. The zero-order valence-electron chi connectivity index (χ0n) is 19.4. The lowest BCUT2D eigenvalue weighted by molar-refractivity contribution is -0.385. The molecule has 2 aliphatic rings. The number of benzene rings is 1. The van der Waals surface area contributed by atoms with Gasteiger partial charge < -0.3 is 14.0 Å². The number of carbonyl (C=O) groups excluding carboxylic acids is 4. The van der Waals surface area contributed by atoms with Crippen molar-refractivity contribution in [2.45, 2.75) is 45.8 Å². The largest absolute Gasteiger partial charge is 0.457 e. The number of nitrogens with zero attached hydrogens (tertiary/aromatic N) is 3. The standard InChI is InChI=1S/C24H25N3O8/c1-14-11-18(15(2)26(14)12-16-5-4-10-34-16)20(28)13-35-21(29)8-9-25-23(30)17-6-3-7-19(27(32)33)22(17)24(25)31/h3,6-7,11,16H,4-5,8-10,12-13H2,1-2H3/t16-/m0/s1. The molecular formula is C24H25N3O8. The summed E-state index contributed by atoms with van der Waals surface area (Å²) in [6.45, 7) is 4.34. The molecule has 2 aromatic rings. The Kier molecular flexibility index (Phi) is 6.79. The third-order valence-corrected chi connectivity index (χ3v) is 6.36. The Bertz CT molecular complexity index is 1230. The minimum absolute atomic E-state index is 0.0777. The third kappa shape index (κ3) is 4.72. The first kappa shape index (κ1) is 24.3. The van der Waals surface area contributed by atoms with E-state index in [0.29, 0.717) is 12.1 Å². The number of hydrogen-bond donors (Lipinski definition) is 0. The monoisotopic (exact) mass is 483 g/mol. The average molecular weight is 483 g/mol. The highest BCUT2D eigenvalue weighted by molar-refractivity contribution is 6.23. The summed E-state index contributed by atoms with van der Waals surface area (Å²) in [5.41, 5.74) is 1.31. The lowest BCUT2D eigenvalue weighted by atomic mass is 10.1. The fourth-order valence-electron chi connectivity index (χ4n) is 4.53. The third-order valence-electron chi connectivity index (χ3n) is 6.36. The first-order chi connectivity index (χ1) is 16.7. The van der Waals surface area contributed by atoms with Crippen molar-refractivity contribution in [3.63, 3.8) is 0 Å². The molecule has 0 bridgehead atoms. The van der Waals surface area contributed by atoms with E-state index in [0.717, 1.165) is 41.8 Å². The number of Topliss-reactive ketones (excluding diaryl/α,β-unsaturated/α-hetero) is 1. The molecule has 1 aromatic carbocycles. The summed E-state index contributed by atoms with van der Waals surface area (Å²) >= 11 is 0. The predicted molar refractivity (Wildman–Crippen MR) is 121 cm³/mol. The van der Waals surface area contributed by atoms with Gasteiger partial charge in [0.15, 0.2) is 6.61 Å². The Balaban J connectivity index is 1.33. The van der Waals surface area contributed by atoms with E-state index in [1.54, 1.807) is 6.07 Å². The number of aromatic nitrogens is 1. The summed E-state index contributed by atoms with van der Waals surface area (Å²) in [4.78, 5) is 61.2. The van der Waals surface area contributed by atoms with Crippen LogP contribution in [-0.4, -0.2) is 63.8 Å². The summed E-state index contributed by atoms with van der Waals surface area (Å²) in [5, 5.41) is 11.2. The molecular weight excluding hydrogens is 458 g/mol. The van der Waals surface area contributed by atoms with Crippen LogP contribution in [0.5, 0.6) is 0 Å². The van der Waals surface area contributed by atoms with Crippen LogP contribution < -0.4 is 0 Å². The average Bonchev–Trinajstić information content (AvgIpc) is 3.51. The van der Waals surface area contributed by atoms with Gasteiger partial charge in [-0.05, 0) is 38.8 Å². The van der Waals surface area contributed by atoms with Crippen LogP contribution in [0.2, 0.25) is 0 Å². The zero-order valence-corrected chi connectivity index (χ0v) is 19.4. The maximum Gasteiger partial charge on any atom is 0.308 e. The Labute approximate surface area is 200 Å². The van der Waals surface area contributed by atoms with Gasteiger partial charge in [-0.25, -0.2) is 0 Å². The van der Waals surface area contributed by atoms with E-state index in [2.05, 4.69) is 0 Å². The van der Waals surface area contributed by atoms with E-state index >= 15 is 0 Å². The molecule has 1 fully saturated rings. The lowest BCUT2D eigenvalue weighted by Crippen LogP contribution is -2.32. The van der Waals surface area contributed by atoms with Crippen LogP contribution >= 0.6 is 0 Å². The number of imide groups is 1. The number of fused-ring (bicyclic) bond motifs is 1. The van der Waals surface area contributed by atoms with Gasteiger partial charge in [0.2, 0.25) is 5.78 Å². The van der Waals surface area contributed by atoms with Gasteiger partial charge in [-0.15, -0.1) is 0 Å². The Hall–Kier alpha value is -3.86. The van der Waals surface area contributed by atoms with Crippen molar-refractivity contribution < 1.29 is 33.6 Å². The SMILES string of the molecule is Cc1cc(C(=O)COC(=O)CCN2C(=O)c3cccc([N+](=O)[O-])c3C2=O)c(C)n1C[C@@H]1CCCO1. The number of rotatable bonds is 9. The number of nitro groups is 1. The first-order valence-electron chi connectivity index (χ1n) is 11.3. The molecule has 11 heteroatoms. The van der Waals surface area contributed by atoms with Gasteiger partial charge in [-0.3, -0.25) is 34.2 Å². The Morgan fingerprint density at radius 3 is 2.69 bits per heavy atom. The molecule has 0 aliphatic carbocycles. The van der Waals surface area contributed by atoms with Gasteiger partial charge in [0.25, 0.3) is 17.5 Å². The molecule has 0 unspecified atom stereocenters. The highest BCUT2D eigenvalue weighted by atomic mass is 16.6. The van der Waals surface area contributed by atoms with E-state index in [9.17, 15) is 29.3 Å². The fraction of sp³-hybridized carbons (Fsp3) is 0.417. The van der Waals surface area contributed by atoms with Gasteiger partial charge in [0.1, 0.15) is 5.56 Å². The zero-order chi connectivity index (χ0) is 25.3. The van der Waals surface area contributed by atoms with Crippen LogP contribution in [0.15, 0.2) is 24.3 Å². The van der Waals surface area contributed by atoms with Crippen molar-refractivity contribution in [3.05, 3.63) is 62.5 Å². The maximum absolute atomic E-state index is 12.7. The van der Waals surface area contributed by atoms with E-state index in [4.69, 9.17) is 9.47 Å². The van der Waals surface area contributed by atoms with Crippen molar-refractivity contribution in [1.82, 2.24) is 9.47 Å². The minimum Gasteiger partial charge on any atom is -0.457 e. The van der Waals surface area contributed by atoms with E-state index in [-0.39, 0.29) is 36.0 Å². The summed E-state index contributed by atoms with van der Waals surface area (Å²) in [7, 11) is 0. The molecule has 2 aliphatic heterocycles. The number of hydrogen-bond acceptors (Lipinski definition) is 8. The summed E-state index contributed by atoms with van der Waals surface area (Å²) < 4.78 is 12.8. The molecule has 11 nitrogen and oxygen atoms in total. The number of nitro benzene ring substituents is 1. The van der Waals surface area contributed by atoms with Crippen LogP contribution in [0.4, 0.5) is 5.69 Å². The molecule has 35 heavy (non-hydrogen) atoms. The summed E-state index contributed by atoms with van der Waals surface area (Å²) in [5.74, 6) is -2.67. The van der Waals surface area contributed by atoms with E-state index in [1.807, 2.05) is 18.4 Å². The van der Waals surface area contributed by atoms with Crippen LogP contribution in [-0.2, 0) is 20.8 Å². The number of esters is 1. The fourth-order valence-corrected chi connectivity index (χ4v) is 4.53. The number of ether oxygens (including phenoxy) is 2. The second-order valence-electron chi connectivity index (χ2n) is 8.58. The quantitative estimate of drug-likeness (QED) is 0.174. The smallest absolute Gasteiger partial charge is 0.308 e. The molecule has 1 aromatic heterocycles. The molecule has 0 N–H and O–H groups in total. The predicted octanol–water partition coefficient (Wildman–Crippen LogP) is 2.60. The number of amides is 2. The summed E-state index contributed by atoms with van der Waals surface area (Å²) in [6.07, 6.45) is 1.76. The van der Waals surface area contributed by atoms with Crippen molar-refractivity contribution in [2.75, 3.05) is 19.8 Å². The van der Waals surface area contributed by atoms with Crippen LogP contribution in [0, 0.1) is 24.0 Å². The first-order valence-corrected chi connectivity index (χ1v) is 11.3. The maximum atomic E-state index is 12.7. The highest BCUT2D eigenvalue weighted by Crippen LogP contribution is 2.30. The molecule has 0 radical (unpaired) electrons. The number of carbonyl (C=O) groups is 4. The molecule has 1 saturated heterocycles. The number of aryl methyl sites for hydroxylation is 1. The topological polar surface area (TPSA) is 138 Å². The highest BCUT2D eigenvalue weighted by Gasteiger charge is 2.40. The van der Waals surface area contributed by atoms with Crippen LogP contribution in [0.1, 0.15) is 61.7 Å². The van der Waals surface area contributed by atoms with Crippen LogP contribution in [0.3, 0.4) is 0 Å². The van der Waals surface area contributed by atoms with Gasteiger partial charge in [-0.1, -0.05) is 6.07 Å². The lowest BCUT2D eigenvalue weighted by Gasteiger charge is -2.15. The molecule has 184 valence electrons. The van der Waals surface area contributed by atoms with Crippen molar-refractivity contribution in [3.8, 4) is 0 Å². The van der Waals surface area contributed by atoms with Gasteiger partial charge in [0.05, 0.1) is 23.0 Å². The number of ketones is 1. The molecule has 4 rings (SSSR count). The van der Waals surface area contributed by atoms with E-state index in [1.165, 1.54) is 12.1 Å². The van der Waals surface area contributed by atoms with Gasteiger partial charge >= 0.3 is 5.97 Å². The summed E-state index contributed by atoms with van der Waals surface area (Å²) in [6, 6.07) is 5.55. The Morgan fingerprint density at radius 1 is 1.23 bits per heavy atom. The van der Waals surface area contributed by atoms with Crippen LogP contribution in [0.25, 0.3) is 0 Å². The van der Waals surface area contributed by atoms with E-state index < -0.39 is 35.0 Å². The molecule has 0 saturated carbocycles. The Morgan fingerprint density at radius 2 is 2.00 bits per heavy atom. The van der Waals surface area contributed by atoms with Crippen molar-refractivity contribution in [2.24, 2.45) is 0 Å².